The average Bonchev–Trinajstić information content (AvgIpc) is 2.81. The first-order valence-electron chi connectivity index (χ1n) is 10.9. The van der Waals surface area contributed by atoms with Gasteiger partial charge in [0.05, 0.1) is 22.9 Å². The Balaban J connectivity index is 0.00000210. The summed E-state index contributed by atoms with van der Waals surface area (Å²) in [6, 6.07) is 8.24. The van der Waals surface area contributed by atoms with E-state index in [1.54, 1.807) is 0 Å². The third-order valence-corrected chi connectivity index (χ3v) is 5.04. The molecule has 0 saturated carbocycles. The van der Waals surface area contributed by atoms with Crippen LogP contribution in [0.5, 0.6) is 0 Å². The molecule has 188 valence electrons. The van der Waals surface area contributed by atoms with Crippen LogP contribution >= 0.6 is 0 Å². The molecule has 0 aliphatic heterocycles. The van der Waals surface area contributed by atoms with E-state index in [4.69, 9.17) is 0 Å². The number of hydrogen-bond acceptors (Lipinski definition) is 2. The Morgan fingerprint density at radius 2 is 1.37 bits per heavy atom. The summed E-state index contributed by atoms with van der Waals surface area (Å²) in [7, 11) is 0. The van der Waals surface area contributed by atoms with Crippen LogP contribution in [-0.2, 0) is 11.0 Å². The molecular weight excluding hydrogens is 472 g/mol. The molecule has 0 aliphatic rings. The van der Waals surface area contributed by atoms with Gasteiger partial charge in [-0.3, -0.25) is 4.79 Å². The van der Waals surface area contributed by atoms with Crippen molar-refractivity contribution in [3.05, 3.63) is 77.1 Å². The Hall–Kier alpha value is -3.36. The van der Waals surface area contributed by atoms with Crippen LogP contribution in [0.15, 0.2) is 48.5 Å². The quantitative estimate of drug-likeness (QED) is 0.277. The van der Waals surface area contributed by atoms with E-state index in [0.29, 0.717) is 0 Å². The summed E-state index contributed by atoms with van der Waals surface area (Å²) in [5, 5.41) is 9.73. The number of benzene rings is 2. The first-order valence-corrected chi connectivity index (χ1v) is 10.9. The number of alkyl halides is 3. The van der Waals surface area contributed by atoms with Crippen molar-refractivity contribution in [1.82, 2.24) is 4.98 Å². The lowest BCUT2D eigenvalue weighted by Gasteiger charge is -2.18. The number of aliphatic carboxylic acids is 1. The van der Waals surface area contributed by atoms with E-state index in [-0.39, 0.29) is 40.4 Å². The van der Waals surface area contributed by atoms with Crippen molar-refractivity contribution in [2.75, 3.05) is 0 Å². The standard InChI is InChI=1S/C24H19F6NO2.C2H6/c1-12(2)7-17(23(32)33)14-10-20(13-3-5-16(6-4-13)24(28,29)30)31-21(11-14)15-8-18(25)22(27)19(26)9-15;1-2/h3-6,8-12,17H,7H2,1-2H3,(H,32,33);1-2H3. The highest BCUT2D eigenvalue weighted by Crippen LogP contribution is 2.34. The molecule has 0 bridgehead atoms. The minimum atomic E-state index is -4.55. The van der Waals surface area contributed by atoms with E-state index >= 15 is 0 Å². The van der Waals surface area contributed by atoms with E-state index in [9.17, 15) is 36.2 Å². The molecular formula is C26H25F6NO2. The Kier molecular flexibility index (Phi) is 9.06. The highest BCUT2D eigenvalue weighted by Gasteiger charge is 2.30. The van der Waals surface area contributed by atoms with Gasteiger partial charge in [0.1, 0.15) is 0 Å². The normalized spacial score (nSPS) is 12.2. The average molecular weight is 497 g/mol. The van der Waals surface area contributed by atoms with Gasteiger partial charge in [0, 0.05) is 11.1 Å². The van der Waals surface area contributed by atoms with Crippen LogP contribution in [0.1, 0.15) is 51.2 Å². The molecule has 1 N–H and O–H groups in total. The molecule has 1 unspecified atom stereocenters. The second-order valence-electron chi connectivity index (χ2n) is 8.02. The van der Waals surface area contributed by atoms with Gasteiger partial charge in [0.2, 0.25) is 0 Å². The van der Waals surface area contributed by atoms with E-state index in [1.807, 2.05) is 27.7 Å². The van der Waals surface area contributed by atoms with Crippen molar-refractivity contribution in [2.45, 2.75) is 46.2 Å². The van der Waals surface area contributed by atoms with Crippen LogP contribution in [0.3, 0.4) is 0 Å². The predicted octanol–water partition coefficient (Wildman–Crippen LogP) is 8.09. The molecule has 0 amide bonds. The third kappa shape index (κ3) is 6.83. The van der Waals surface area contributed by atoms with Crippen molar-refractivity contribution >= 4 is 5.97 Å². The van der Waals surface area contributed by atoms with Gasteiger partial charge in [-0.15, -0.1) is 0 Å². The summed E-state index contributed by atoms with van der Waals surface area (Å²) in [6.07, 6.45) is -4.31. The summed E-state index contributed by atoms with van der Waals surface area (Å²) >= 11 is 0. The maximum Gasteiger partial charge on any atom is 0.416 e. The van der Waals surface area contributed by atoms with Gasteiger partial charge in [-0.2, -0.15) is 13.2 Å². The fourth-order valence-electron chi connectivity index (χ4n) is 3.43. The van der Waals surface area contributed by atoms with Crippen molar-refractivity contribution < 1.29 is 36.2 Å². The molecule has 1 heterocycles. The molecule has 1 aromatic heterocycles. The molecule has 0 aliphatic carbocycles. The number of nitrogens with zero attached hydrogens (tertiary/aromatic N) is 1. The fraction of sp³-hybridized carbons (Fsp3) is 0.308. The molecule has 3 rings (SSSR count). The van der Waals surface area contributed by atoms with Crippen LogP contribution in [0.4, 0.5) is 26.3 Å². The van der Waals surface area contributed by atoms with Gasteiger partial charge in [-0.1, -0.05) is 39.8 Å². The van der Waals surface area contributed by atoms with E-state index in [1.165, 1.54) is 24.3 Å². The predicted molar refractivity (Wildman–Crippen MR) is 121 cm³/mol. The molecule has 0 spiro atoms. The second-order valence-corrected chi connectivity index (χ2v) is 8.02. The minimum absolute atomic E-state index is 0.0158. The summed E-state index contributed by atoms with van der Waals surface area (Å²) < 4.78 is 79.8. The van der Waals surface area contributed by atoms with Crippen molar-refractivity contribution in [2.24, 2.45) is 5.92 Å². The maximum absolute atomic E-state index is 13.8. The van der Waals surface area contributed by atoms with Crippen LogP contribution in [-0.4, -0.2) is 16.1 Å². The van der Waals surface area contributed by atoms with Gasteiger partial charge >= 0.3 is 12.1 Å². The minimum Gasteiger partial charge on any atom is -0.481 e. The number of carbonyl (C=O) groups is 1. The molecule has 0 fully saturated rings. The zero-order chi connectivity index (χ0) is 26.5. The van der Waals surface area contributed by atoms with E-state index in [2.05, 4.69) is 4.98 Å². The first-order chi connectivity index (χ1) is 16.4. The highest BCUT2D eigenvalue weighted by molar-refractivity contribution is 5.78. The van der Waals surface area contributed by atoms with E-state index < -0.39 is 41.1 Å². The number of rotatable bonds is 6. The summed E-state index contributed by atoms with van der Waals surface area (Å²) in [4.78, 5) is 16.2. The molecule has 1 atom stereocenters. The van der Waals surface area contributed by atoms with Crippen molar-refractivity contribution in [1.29, 1.82) is 0 Å². The second kappa shape index (κ2) is 11.4. The zero-order valence-corrected chi connectivity index (χ0v) is 19.6. The SMILES string of the molecule is CC.CC(C)CC(C(=O)O)c1cc(-c2ccc(C(F)(F)F)cc2)nc(-c2cc(F)c(F)c(F)c2)c1. The molecule has 3 nitrogen and oxygen atoms in total. The monoisotopic (exact) mass is 497 g/mol. The molecule has 2 aromatic carbocycles. The van der Waals surface area contributed by atoms with Gasteiger partial charge in [0.15, 0.2) is 17.5 Å². The smallest absolute Gasteiger partial charge is 0.416 e. The fourth-order valence-corrected chi connectivity index (χ4v) is 3.43. The van der Waals surface area contributed by atoms with Gasteiger partial charge in [-0.25, -0.2) is 18.2 Å². The summed E-state index contributed by atoms with van der Waals surface area (Å²) in [6.45, 7) is 7.64. The topological polar surface area (TPSA) is 50.2 Å². The first kappa shape index (κ1) is 27.9. The lowest BCUT2D eigenvalue weighted by molar-refractivity contribution is -0.139. The van der Waals surface area contributed by atoms with Crippen LogP contribution in [0.25, 0.3) is 22.5 Å². The molecule has 9 heteroatoms. The number of hydrogen-bond donors (Lipinski definition) is 1. The summed E-state index contributed by atoms with van der Waals surface area (Å²) in [5.74, 6) is -6.74. The van der Waals surface area contributed by atoms with Crippen molar-refractivity contribution in [3.63, 3.8) is 0 Å². The number of halogens is 6. The maximum atomic E-state index is 13.8. The Bertz CT molecular complexity index is 1150. The largest absolute Gasteiger partial charge is 0.481 e. The van der Waals surface area contributed by atoms with Crippen LogP contribution in [0.2, 0.25) is 0 Å². The number of pyridine rings is 1. The summed E-state index contributed by atoms with van der Waals surface area (Å²) in [5.41, 5.74) is -0.473. The molecule has 35 heavy (non-hydrogen) atoms. The Morgan fingerprint density at radius 3 is 1.80 bits per heavy atom. The highest BCUT2D eigenvalue weighted by atomic mass is 19.4. The van der Waals surface area contributed by atoms with Gasteiger partial charge < -0.3 is 5.11 Å². The Labute approximate surface area is 199 Å². The third-order valence-electron chi connectivity index (χ3n) is 5.04. The lowest BCUT2D eigenvalue weighted by Crippen LogP contribution is -2.14. The number of aromatic nitrogens is 1. The molecule has 0 saturated heterocycles. The van der Waals surface area contributed by atoms with Crippen LogP contribution < -0.4 is 0 Å². The Morgan fingerprint density at radius 1 is 0.886 bits per heavy atom. The van der Waals surface area contributed by atoms with Gasteiger partial charge in [-0.05, 0) is 54.3 Å². The lowest BCUT2D eigenvalue weighted by atomic mass is 9.89. The van der Waals surface area contributed by atoms with Crippen molar-refractivity contribution in [3.8, 4) is 22.5 Å². The van der Waals surface area contributed by atoms with E-state index in [0.717, 1.165) is 24.3 Å². The van der Waals surface area contributed by atoms with Gasteiger partial charge in [0.25, 0.3) is 0 Å². The zero-order valence-electron chi connectivity index (χ0n) is 19.6. The molecule has 3 aromatic rings. The number of carboxylic acids is 1. The molecule has 0 radical (unpaired) electrons. The number of carboxylic acid groups (broad SMARTS) is 1. The van der Waals surface area contributed by atoms with Crippen LogP contribution in [0, 0.1) is 23.4 Å².